The lowest BCUT2D eigenvalue weighted by atomic mass is 9.99. The average molecular weight is 336 g/mol. The Morgan fingerprint density at radius 1 is 1.10 bits per heavy atom. The minimum absolute atomic E-state index is 0.105. The zero-order chi connectivity index (χ0) is 14.5. The van der Waals surface area contributed by atoms with Gasteiger partial charge in [0.15, 0.2) is 0 Å². The number of para-hydroxylation sites is 1. The van der Waals surface area contributed by atoms with Crippen molar-refractivity contribution in [1.82, 2.24) is 0 Å². The van der Waals surface area contributed by atoms with Gasteiger partial charge in [0, 0.05) is 10.5 Å². The third-order valence-corrected chi connectivity index (χ3v) is 3.93. The van der Waals surface area contributed by atoms with Crippen LogP contribution in [-0.2, 0) is 6.42 Å². The molecule has 0 amide bonds. The van der Waals surface area contributed by atoms with Crippen molar-refractivity contribution in [2.24, 2.45) is 5.73 Å². The maximum absolute atomic E-state index is 6.32. The maximum atomic E-state index is 6.32. The second-order valence-corrected chi connectivity index (χ2v) is 5.36. The van der Waals surface area contributed by atoms with E-state index in [4.69, 9.17) is 15.2 Å². The highest BCUT2D eigenvalue weighted by Gasteiger charge is 2.13. The highest BCUT2D eigenvalue weighted by Crippen LogP contribution is 2.30. The molecule has 2 aromatic carbocycles. The molecule has 0 aliphatic heterocycles. The Bertz CT molecular complexity index is 586. The molecule has 0 saturated heterocycles. The van der Waals surface area contributed by atoms with Crippen molar-refractivity contribution in [1.29, 1.82) is 0 Å². The normalized spacial score (nSPS) is 12.0. The fourth-order valence-electron chi connectivity index (χ4n) is 2.15. The molecule has 0 spiro atoms. The molecular weight excluding hydrogens is 318 g/mol. The summed E-state index contributed by atoms with van der Waals surface area (Å²) in [5, 5.41) is 0. The molecular formula is C16H18BrNO2. The van der Waals surface area contributed by atoms with Crippen LogP contribution in [0.4, 0.5) is 0 Å². The minimum Gasteiger partial charge on any atom is -0.497 e. The molecule has 1 unspecified atom stereocenters. The lowest BCUT2D eigenvalue weighted by molar-refractivity contribution is 0.408. The van der Waals surface area contributed by atoms with E-state index >= 15 is 0 Å². The molecule has 2 aromatic rings. The quantitative estimate of drug-likeness (QED) is 0.905. The van der Waals surface area contributed by atoms with Gasteiger partial charge < -0.3 is 15.2 Å². The van der Waals surface area contributed by atoms with Crippen molar-refractivity contribution in [3.05, 3.63) is 58.1 Å². The number of nitrogens with two attached hydrogens (primary N) is 1. The van der Waals surface area contributed by atoms with Gasteiger partial charge in [-0.1, -0.05) is 40.2 Å². The predicted molar refractivity (Wildman–Crippen MR) is 84.3 cm³/mol. The van der Waals surface area contributed by atoms with Crippen LogP contribution in [0.1, 0.15) is 17.2 Å². The molecule has 20 heavy (non-hydrogen) atoms. The van der Waals surface area contributed by atoms with Gasteiger partial charge in [-0.3, -0.25) is 0 Å². The molecule has 0 radical (unpaired) electrons. The van der Waals surface area contributed by atoms with Crippen LogP contribution >= 0.6 is 15.9 Å². The van der Waals surface area contributed by atoms with E-state index in [1.165, 1.54) is 0 Å². The Balaban J connectivity index is 2.21. The number of hydrogen-bond donors (Lipinski definition) is 1. The van der Waals surface area contributed by atoms with Crippen LogP contribution in [0.15, 0.2) is 46.9 Å². The number of rotatable bonds is 5. The van der Waals surface area contributed by atoms with Crippen LogP contribution in [0.2, 0.25) is 0 Å². The molecule has 0 bridgehead atoms. The topological polar surface area (TPSA) is 44.5 Å². The summed E-state index contributed by atoms with van der Waals surface area (Å²) in [6.45, 7) is 0. The van der Waals surface area contributed by atoms with Gasteiger partial charge in [-0.15, -0.1) is 0 Å². The van der Waals surface area contributed by atoms with E-state index in [-0.39, 0.29) is 6.04 Å². The van der Waals surface area contributed by atoms with E-state index < -0.39 is 0 Å². The van der Waals surface area contributed by atoms with Crippen LogP contribution in [0.25, 0.3) is 0 Å². The van der Waals surface area contributed by atoms with Crippen molar-refractivity contribution in [2.45, 2.75) is 12.5 Å². The van der Waals surface area contributed by atoms with E-state index in [0.29, 0.717) is 0 Å². The molecule has 0 aliphatic rings. The molecule has 2 N–H and O–H groups in total. The van der Waals surface area contributed by atoms with Crippen molar-refractivity contribution in [2.75, 3.05) is 14.2 Å². The fourth-order valence-corrected chi connectivity index (χ4v) is 2.81. The van der Waals surface area contributed by atoms with Crippen LogP contribution in [-0.4, -0.2) is 14.2 Å². The summed E-state index contributed by atoms with van der Waals surface area (Å²) < 4.78 is 11.5. The molecule has 3 nitrogen and oxygen atoms in total. The van der Waals surface area contributed by atoms with E-state index in [2.05, 4.69) is 15.9 Å². The van der Waals surface area contributed by atoms with E-state index in [1.807, 2.05) is 42.5 Å². The molecule has 0 saturated carbocycles. The van der Waals surface area contributed by atoms with Crippen molar-refractivity contribution in [3.8, 4) is 11.5 Å². The van der Waals surface area contributed by atoms with Gasteiger partial charge in [0.1, 0.15) is 11.5 Å². The number of halogens is 1. The lowest BCUT2D eigenvalue weighted by Gasteiger charge is -2.16. The Kier molecular flexibility index (Phi) is 5.04. The first-order valence-electron chi connectivity index (χ1n) is 6.36. The van der Waals surface area contributed by atoms with Gasteiger partial charge in [0.05, 0.1) is 14.2 Å². The van der Waals surface area contributed by atoms with Crippen LogP contribution < -0.4 is 15.2 Å². The van der Waals surface area contributed by atoms with Crippen LogP contribution in [0, 0.1) is 0 Å². The van der Waals surface area contributed by atoms with Gasteiger partial charge in [-0.2, -0.15) is 0 Å². The number of hydrogen-bond acceptors (Lipinski definition) is 3. The van der Waals surface area contributed by atoms with E-state index in [0.717, 1.165) is 33.5 Å². The van der Waals surface area contributed by atoms with Crippen molar-refractivity contribution in [3.63, 3.8) is 0 Å². The summed E-state index contributed by atoms with van der Waals surface area (Å²) in [6.07, 6.45) is 0.717. The molecule has 106 valence electrons. The number of ether oxygens (including phenoxy) is 2. The first-order valence-corrected chi connectivity index (χ1v) is 7.16. The SMILES string of the molecule is COc1ccc(C(N)Cc2ccccc2OC)c(Br)c1. The minimum atomic E-state index is -0.105. The monoisotopic (exact) mass is 335 g/mol. The molecule has 0 heterocycles. The van der Waals surface area contributed by atoms with E-state index in [9.17, 15) is 0 Å². The summed E-state index contributed by atoms with van der Waals surface area (Å²) in [5.74, 6) is 1.68. The third kappa shape index (κ3) is 3.32. The predicted octanol–water partition coefficient (Wildman–Crippen LogP) is 3.71. The standard InChI is InChI=1S/C16H18BrNO2/c1-19-12-7-8-13(14(17)10-12)15(18)9-11-5-3-4-6-16(11)20-2/h3-8,10,15H,9,18H2,1-2H3. The third-order valence-electron chi connectivity index (χ3n) is 3.24. The highest BCUT2D eigenvalue weighted by atomic mass is 79.9. The van der Waals surface area contributed by atoms with Gasteiger partial charge in [0.2, 0.25) is 0 Å². The van der Waals surface area contributed by atoms with Crippen LogP contribution in [0.3, 0.4) is 0 Å². The maximum Gasteiger partial charge on any atom is 0.122 e. The summed E-state index contributed by atoms with van der Waals surface area (Å²) in [5.41, 5.74) is 8.47. The number of benzene rings is 2. The van der Waals surface area contributed by atoms with Crippen LogP contribution in [0.5, 0.6) is 11.5 Å². The van der Waals surface area contributed by atoms with Gasteiger partial charge in [-0.25, -0.2) is 0 Å². The summed E-state index contributed by atoms with van der Waals surface area (Å²) >= 11 is 3.55. The molecule has 0 aliphatic carbocycles. The highest BCUT2D eigenvalue weighted by molar-refractivity contribution is 9.10. The van der Waals surface area contributed by atoms with E-state index in [1.54, 1.807) is 14.2 Å². The zero-order valence-electron chi connectivity index (χ0n) is 11.6. The second kappa shape index (κ2) is 6.77. The molecule has 1 atom stereocenters. The summed E-state index contributed by atoms with van der Waals surface area (Å²) in [7, 11) is 3.32. The Morgan fingerprint density at radius 2 is 1.85 bits per heavy atom. The Morgan fingerprint density at radius 3 is 2.50 bits per heavy atom. The smallest absolute Gasteiger partial charge is 0.122 e. The van der Waals surface area contributed by atoms with Gasteiger partial charge in [-0.05, 0) is 35.7 Å². The largest absolute Gasteiger partial charge is 0.497 e. The zero-order valence-corrected chi connectivity index (χ0v) is 13.2. The lowest BCUT2D eigenvalue weighted by Crippen LogP contribution is -2.14. The summed E-state index contributed by atoms with van der Waals surface area (Å²) in [6, 6.07) is 13.7. The molecule has 0 aromatic heterocycles. The first-order chi connectivity index (χ1) is 9.65. The summed E-state index contributed by atoms with van der Waals surface area (Å²) in [4.78, 5) is 0. The average Bonchev–Trinajstić information content (AvgIpc) is 2.47. The van der Waals surface area contributed by atoms with Gasteiger partial charge in [0.25, 0.3) is 0 Å². The van der Waals surface area contributed by atoms with Gasteiger partial charge >= 0.3 is 0 Å². The van der Waals surface area contributed by atoms with Crippen molar-refractivity contribution < 1.29 is 9.47 Å². The molecule has 2 rings (SSSR count). The Hall–Kier alpha value is -1.52. The number of methoxy groups -OCH3 is 2. The first kappa shape index (κ1) is 14.9. The van der Waals surface area contributed by atoms with Crippen molar-refractivity contribution >= 4 is 15.9 Å². The second-order valence-electron chi connectivity index (χ2n) is 4.51. The molecule has 0 fully saturated rings. The molecule has 4 heteroatoms. The fraction of sp³-hybridized carbons (Fsp3) is 0.250. The Labute approximate surface area is 127 Å².